The first kappa shape index (κ1) is 19.8. The van der Waals surface area contributed by atoms with E-state index in [0.717, 1.165) is 20.3 Å². The van der Waals surface area contributed by atoms with E-state index >= 15 is 0 Å². The van der Waals surface area contributed by atoms with Gasteiger partial charge in [0.2, 0.25) is 17.6 Å². The Hall–Kier alpha value is -2.55. The number of aromatic nitrogens is 3. The van der Waals surface area contributed by atoms with Gasteiger partial charge in [-0.2, -0.15) is 4.98 Å². The molecule has 0 aliphatic heterocycles. The Balaban J connectivity index is 1.24. The summed E-state index contributed by atoms with van der Waals surface area (Å²) in [6.45, 7) is 0. The quantitative estimate of drug-likeness (QED) is 0.390. The van der Waals surface area contributed by atoms with E-state index in [1.807, 2.05) is 41.8 Å². The molecule has 9 heteroatoms. The van der Waals surface area contributed by atoms with E-state index in [1.54, 1.807) is 17.5 Å². The molecule has 0 unspecified atom stereocenters. The fourth-order valence-electron chi connectivity index (χ4n) is 2.72. The zero-order chi connectivity index (χ0) is 20.1. The third-order valence-electron chi connectivity index (χ3n) is 4.13. The molecule has 1 N–H and O–H groups in total. The van der Waals surface area contributed by atoms with Crippen molar-refractivity contribution in [3.05, 3.63) is 69.3 Å². The van der Waals surface area contributed by atoms with Gasteiger partial charge < -0.3 is 9.84 Å². The lowest BCUT2D eigenvalue weighted by Gasteiger charge is -2.01. The molecule has 0 atom stereocenters. The number of hydrogen-bond donors (Lipinski definition) is 1. The van der Waals surface area contributed by atoms with Gasteiger partial charge in [-0.15, -0.1) is 22.7 Å². The number of hydrogen-bond acceptors (Lipinski definition) is 7. The molecule has 4 rings (SSSR count). The van der Waals surface area contributed by atoms with Crippen molar-refractivity contribution in [3.63, 3.8) is 0 Å². The number of thiophene rings is 1. The van der Waals surface area contributed by atoms with Gasteiger partial charge in [-0.05, 0) is 29.5 Å². The van der Waals surface area contributed by atoms with Gasteiger partial charge in [-0.25, -0.2) is 4.98 Å². The van der Waals surface area contributed by atoms with Crippen molar-refractivity contribution >= 4 is 45.3 Å². The van der Waals surface area contributed by atoms with Crippen LogP contribution in [0.3, 0.4) is 0 Å². The standard InChI is InChI=1S/C20H17ClN4O2S2/c21-15-6-2-1-5-13(15)11-14-12-22-20(29-14)23-17(26)8-3-9-18-24-19(25-27-18)16-7-4-10-28-16/h1-2,4-7,10,12H,3,8-9,11H2,(H,22,23,26). The molecule has 1 amide bonds. The predicted octanol–water partition coefficient (Wildman–Crippen LogP) is 5.46. The predicted molar refractivity (Wildman–Crippen MR) is 116 cm³/mol. The van der Waals surface area contributed by atoms with Crippen molar-refractivity contribution in [2.75, 3.05) is 5.32 Å². The SMILES string of the molecule is O=C(CCCc1nc(-c2cccs2)no1)Nc1ncc(Cc2ccccc2Cl)s1. The van der Waals surface area contributed by atoms with Gasteiger partial charge in [0, 0.05) is 35.4 Å². The van der Waals surface area contributed by atoms with Crippen molar-refractivity contribution < 1.29 is 9.32 Å². The summed E-state index contributed by atoms with van der Waals surface area (Å²) < 4.78 is 5.25. The zero-order valence-corrected chi connectivity index (χ0v) is 17.7. The second kappa shape index (κ2) is 9.30. The first-order valence-corrected chi connectivity index (χ1v) is 11.1. The van der Waals surface area contributed by atoms with Crippen LogP contribution in [0.2, 0.25) is 5.02 Å². The fraction of sp³-hybridized carbons (Fsp3) is 0.200. The van der Waals surface area contributed by atoms with Gasteiger partial charge in [-0.1, -0.05) is 41.0 Å². The molecule has 0 bridgehead atoms. The number of amides is 1. The van der Waals surface area contributed by atoms with E-state index < -0.39 is 0 Å². The highest BCUT2D eigenvalue weighted by Gasteiger charge is 2.12. The molecule has 0 saturated heterocycles. The molecule has 1 aromatic carbocycles. The van der Waals surface area contributed by atoms with E-state index in [-0.39, 0.29) is 5.91 Å². The zero-order valence-electron chi connectivity index (χ0n) is 15.3. The lowest BCUT2D eigenvalue weighted by atomic mass is 10.1. The first-order valence-electron chi connectivity index (χ1n) is 9.02. The van der Waals surface area contributed by atoms with Crippen LogP contribution in [0.5, 0.6) is 0 Å². The van der Waals surface area contributed by atoms with Crippen LogP contribution < -0.4 is 5.32 Å². The van der Waals surface area contributed by atoms with Crippen LogP contribution in [0.4, 0.5) is 5.13 Å². The van der Waals surface area contributed by atoms with Gasteiger partial charge in [0.1, 0.15) is 0 Å². The second-order valence-electron chi connectivity index (χ2n) is 6.29. The Labute approximate surface area is 180 Å². The minimum Gasteiger partial charge on any atom is -0.339 e. The molecule has 6 nitrogen and oxygen atoms in total. The molecule has 0 radical (unpaired) electrons. The summed E-state index contributed by atoms with van der Waals surface area (Å²) in [5, 5.41) is 10.1. The Bertz CT molecular complexity index is 1090. The van der Waals surface area contributed by atoms with Crippen molar-refractivity contribution in [3.8, 4) is 10.7 Å². The van der Waals surface area contributed by atoms with Gasteiger partial charge in [0.05, 0.1) is 4.88 Å². The Morgan fingerprint density at radius 1 is 1.21 bits per heavy atom. The Morgan fingerprint density at radius 3 is 2.93 bits per heavy atom. The Kier molecular flexibility index (Phi) is 6.33. The summed E-state index contributed by atoms with van der Waals surface area (Å²) in [4.78, 5) is 22.8. The molecule has 0 fully saturated rings. The Morgan fingerprint density at radius 2 is 2.10 bits per heavy atom. The third kappa shape index (κ3) is 5.29. The first-order chi connectivity index (χ1) is 14.2. The molecule has 148 valence electrons. The van der Waals surface area contributed by atoms with E-state index in [9.17, 15) is 4.79 Å². The van der Waals surface area contributed by atoms with Gasteiger partial charge in [0.25, 0.3) is 0 Å². The van der Waals surface area contributed by atoms with Crippen molar-refractivity contribution in [2.24, 2.45) is 0 Å². The number of thiazole rings is 1. The van der Waals surface area contributed by atoms with Crippen LogP contribution in [0.15, 0.2) is 52.5 Å². The number of rotatable bonds is 8. The van der Waals surface area contributed by atoms with Gasteiger partial charge in [0.15, 0.2) is 5.13 Å². The third-order valence-corrected chi connectivity index (χ3v) is 6.27. The monoisotopic (exact) mass is 444 g/mol. The highest BCUT2D eigenvalue weighted by atomic mass is 35.5. The number of carbonyl (C=O) groups is 1. The number of anilines is 1. The molecule has 3 aromatic heterocycles. The summed E-state index contributed by atoms with van der Waals surface area (Å²) >= 11 is 9.22. The highest BCUT2D eigenvalue weighted by molar-refractivity contribution is 7.15. The number of halogens is 1. The number of aryl methyl sites for hydroxylation is 1. The van der Waals surface area contributed by atoms with Crippen LogP contribution in [0.25, 0.3) is 10.7 Å². The highest BCUT2D eigenvalue weighted by Crippen LogP contribution is 2.25. The average molecular weight is 445 g/mol. The van der Waals surface area contributed by atoms with Gasteiger partial charge >= 0.3 is 0 Å². The van der Waals surface area contributed by atoms with Crippen LogP contribution in [0, 0.1) is 0 Å². The number of carbonyl (C=O) groups excluding carboxylic acids is 1. The molecular weight excluding hydrogens is 428 g/mol. The fourth-order valence-corrected chi connectivity index (χ4v) is 4.42. The van der Waals surface area contributed by atoms with Crippen LogP contribution in [-0.2, 0) is 17.6 Å². The lowest BCUT2D eigenvalue weighted by Crippen LogP contribution is -2.11. The van der Waals surface area contributed by atoms with Crippen LogP contribution in [-0.4, -0.2) is 21.0 Å². The van der Waals surface area contributed by atoms with Crippen LogP contribution >= 0.6 is 34.3 Å². The summed E-state index contributed by atoms with van der Waals surface area (Å²) in [5.41, 5.74) is 1.04. The number of nitrogens with one attached hydrogen (secondary N) is 1. The molecular formula is C20H17ClN4O2S2. The molecule has 4 aromatic rings. The summed E-state index contributed by atoms with van der Waals surface area (Å²) in [5.74, 6) is 1.05. The maximum absolute atomic E-state index is 12.2. The number of benzene rings is 1. The maximum atomic E-state index is 12.2. The largest absolute Gasteiger partial charge is 0.339 e. The van der Waals surface area contributed by atoms with E-state index in [4.69, 9.17) is 16.1 Å². The molecule has 0 spiro atoms. The normalized spacial score (nSPS) is 10.9. The smallest absolute Gasteiger partial charge is 0.226 e. The van der Waals surface area contributed by atoms with E-state index in [0.29, 0.717) is 42.5 Å². The maximum Gasteiger partial charge on any atom is 0.226 e. The minimum absolute atomic E-state index is 0.0818. The van der Waals surface area contributed by atoms with Crippen molar-refractivity contribution in [1.29, 1.82) is 0 Å². The summed E-state index contributed by atoms with van der Waals surface area (Å²) in [6.07, 6.45) is 4.00. The second-order valence-corrected chi connectivity index (χ2v) is 8.76. The lowest BCUT2D eigenvalue weighted by molar-refractivity contribution is -0.116. The molecule has 29 heavy (non-hydrogen) atoms. The summed E-state index contributed by atoms with van der Waals surface area (Å²) in [7, 11) is 0. The molecule has 3 heterocycles. The minimum atomic E-state index is -0.0818. The van der Waals surface area contributed by atoms with Gasteiger partial charge in [-0.3, -0.25) is 4.79 Å². The topological polar surface area (TPSA) is 80.9 Å². The van der Waals surface area contributed by atoms with Crippen LogP contribution in [0.1, 0.15) is 29.2 Å². The van der Waals surface area contributed by atoms with E-state index in [1.165, 1.54) is 11.3 Å². The van der Waals surface area contributed by atoms with Crippen molar-refractivity contribution in [2.45, 2.75) is 25.7 Å². The van der Waals surface area contributed by atoms with E-state index in [2.05, 4.69) is 20.4 Å². The average Bonchev–Trinajstić information content (AvgIpc) is 3.45. The molecule has 0 aliphatic carbocycles. The molecule has 0 saturated carbocycles. The van der Waals surface area contributed by atoms with Crippen molar-refractivity contribution in [1.82, 2.24) is 15.1 Å². The molecule has 0 aliphatic rings. The summed E-state index contributed by atoms with van der Waals surface area (Å²) in [6, 6.07) is 11.6. The number of nitrogens with zero attached hydrogens (tertiary/aromatic N) is 3.